The molecule has 0 bridgehead atoms. The number of alkyl halides is 3. The van der Waals surface area contributed by atoms with E-state index in [0.717, 1.165) is 35.4 Å². The summed E-state index contributed by atoms with van der Waals surface area (Å²) in [6, 6.07) is 12.0. The van der Waals surface area contributed by atoms with Crippen molar-refractivity contribution >= 4 is 11.9 Å². The molecule has 0 atom stereocenters. The highest BCUT2D eigenvalue weighted by atomic mass is 19.4. The summed E-state index contributed by atoms with van der Waals surface area (Å²) in [5.74, 6) is -1.73. The molecule has 2 aromatic rings. The summed E-state index contributed by atoms with van der Waals surface area (Å²) in [5.41, 5.74) is 2.24. The maximum absolute atomic E-state index is 12.1. The van der Waals surface area contributed by atoms with E-state index in [9.17, 15) is 22.8 Å². The standard InChI is InChI=1S/C19H18F3NO4/c1-13-4-2-3-5-14(13)10-11-23-17(24)12-26-18(25)15-6-8-16(9-7-15)27-19(20,21)22/h2-9H,10-12H2,1H3,(H,23,24). The second-order valence-electron chi connectivity index (χ2n) is 5.67. The Kier molecular flexibility index (Phi) is 6.81. The monoisotopic (exact) mass is 381 g/mol. The Morgan fingerprint density at radius 2 is 1.70 bits per heavy atom. The SMILES string of the molecule is Cc1ccccc1CCNC(=O)COC(=O)c1ccc(OC(F)(F)F)cc1. The molecular formula is C19H18F3NO4. The van der Waals surface area contributed by atoms with Gasteiger partial charge in [-0.05, 0) is 48.7 Å². The van der Waals surface area contributed by atoms with Gasteiger partial charge in [0, 0.05) is 6.54 Å². The normalized spacial score (nSPS) is 11.0. The highest BCUT2D eigenvalue weighted by Crippen LogP contribution is 2.22. The fourth-order valence-electron chi connectivity index (χ4n) is 2.29. The molecule has 1 amide bonds. The van der Waals surface area contributed by atoms with Gasteiger partial charge in [-0.1, -0.05) is 24.3 Å². The van der Waals surface area contributed by atoms with Crippen molar-refractivity contribution in [3.05, 3.63) is 65.2 Å². The fraction of sp³-hybridized carbons (Fsp3) is 0.263. The summed E-state index contributed by atoms with van der Waals surface area (Å²) in [5, 5.41) is 2.64. The topological polar surface area (TPSA) is 64.6 Å². The maximum Gasteiger partial charge on any atom is 0.573 e. The summed E-state index contributed by atoms with van der Waals surface area (Å²) in [4.78, 5) is 23.6. The minimum absolute atomic E-state index is 0.0113. The lowest BCUT2D eigenvalue weighted by atomic mass is 10.1. The molecule has 0 heterocycles. The van der Waals surface area contributed by atoms with Gasteiger partial charge in [0.25, 0.3) is 5.91 Å². The molecule has 8 heteroatoms. The molecule has 2 aromatic carbocycles. The molecule has 0 saturated heterocycles. The summed E-state index contributed by atoms with van der Waals surface area (Å²) < 4.78 is 44.8. The molecule has 0 aromatic heterocycles. The summed E-state index contributed by atoms with van der Waals surface area (Å²) in [6.07, 6.45) is -4.16. The van der Waals surface area contributed by atoms with Crippen molar-refractivity contribution in [2.45, 2.75) is 19.7 Å². The van der Waals surface area contributed by atoms with Gasteiger partial charge < -0.3 is 14.8 Å². The number of rotatable bonds is 7. The number of hydrogen-bond donors (Lipinski definition) is 1. The van der Waals surface area contributed by atoms with E-state index in [4.69, 9.17) is 4.74 Å². The minimum atomic E-state index is -4.81. The quantitative estimate of drug-likeness (QED) is 0.747. The van der Waals surface area contributed by atoms with Crippen LogP contribution in [-0.4, -0.2) is 31.4 Å². The van der Waals surface area contributed by atoms with Gasteiger partial charge in [-0.25, -0.2) is 4.79 Å². The van der Waals surface area contributed by atoms with Gasteiger partial charge >= 0.3 is 12.3 Å². The fourth-order valence-corrected chi connectivity index (χ4v) is 2.29. The number of ether oxygens (including phenoxy) is 2. The average Bonchev–Trinajstić information content (AvgIpc) is 2.60. The predicted molar refractivity (Wildman–Crippen MR) is 91.3 cm³/mol. The third kappa shape index (κ3) is 7.01. The first-order valence-corrected chi connectivity index (χ1v) is 8.09. The van der Waals surface area contributed by atoms with Crippen molar-refractivity contribution in [1.82, 2.24) is 5.32 Å². The van der Waals surface area contributed by atoms with E-state index in [2.05, 4.69) is 10.1 Å². The molecule has 0 aliphatic rings. The molecule has 0 saturated carbocycles. The van der Waals surface area contributed by atoms with Crippen LogP contribution in [0.25, 0.3) is 0 Å². The maximum atomic E-state index is 12.1. The molecule has 0 fully saturated rings. The lowest BCUT2D eigenvalue weighted by Crippen LogP contribution is -2.30. The van der Waals surface area contributed by atoms with Gasteiger partial charge in [0.05, 0.1) is 5.56 Å². The first-order valence-electron chi connectivity index (χ1n) is 8.09. The molecule has 0 radical (unpaired) electrons. The third-order valence-electron chi connectivity index (χ3n) is 3.64. The molecule has 27 heavy (non-hydrogen) atoms. The van der Waals surface area contributed by atoms with E-state index in [0.29, 0.717) is 13.0 Å². The van der Waals surface area contributed by atoms with Crippen molar-refractivity contribution in [2.24, 2.45) is 0 Å². The van der Waals surface area contributed by atoms with Crippen molar-refractivity contribution in [1.29, 1.82) is 0 Å². The number of benzene rings is 2. The van der Waals surface area contributed by atoms with E-state index in [-0.39, 0.29) is 5.56 Å². The van der Waals surface area contributed by atoms with Gasteiger partial charge in [0.2, 0.25) is 0 Å². The van der Waals surface area contributed by atoms with Gasteiger partial charge in [0.15, 0.2) is 6.61 Å². The number of amides is 1. The number of carbonyl (C=O) groups is 2. The number of halogens is 3. The van der Waals surface area contributed by atoms with Crippen LogP contribution in [0.3, 0.4) is 0 Å². The van der Waals surface area contributed by atoms with Crippen LogP contribution in [0.15, 0.2) is 48.5 Å². The molecule has 2 rings (SSSR count). The van der Waals surface area contributed by atoms with E-state index in [1.165, 1.54) is 0 Å². The van der Waals surface area contributed by atoms with Crippen LogP contribution in [-0.2, 0) is 16.0 Å². The molecule has 0 aliphatic carbocycles. The lowest BCUT2D eigenvalue weighted by Gasteiger charge is -2.10. The smallest absolute Gasteiger partial charge is 0.452 e. The van der Waals surface area contributed by atoms with Crippen LogP contribution in [0.5, 0.6) is 5.75 Å². The van der Waals surface area contributed by atoms with Gasteiger partial charge in [-0.3, -0.25) is 4.79 Å². The Morgan fingerprint density at radius 1 is 1.04 bits per heavy atom. The molecule has 0 unspecified atom stereocenters. The molecule has 5 nitrogen and oxygen atoms in total. The zero-order valence-corrected chi connectivity index (χ0v) is 14.5. The van der Waals surface area contributed by atoms with Crippen LogP contribution in [0.4, 0.5) is 13.2 Å². The van der Waals surface area contributed by atoms with Crippen molar-refractivity contribution < 1.29 is 32.2 Å². The first kappa shape index (κ1) is 20.3. The minimum Gasteiger partial charge on any atom is -0.452 e. The largest absolute Gasteiger partial charge is 0.573 e. The summed E-state index contributed by atoms with van der Waals surface area (Å²) in [6.45, 7) is 1.89. The lowest BCUT2D eigenvalue weighted by molar-refractivity contribution is -0.274. The van der Waals surface area contributed by atoms with Crippen molar-refractivity contribution in [3.63, 3.8) is 0 Å². The molecule has 0 spiro atoms. The third-order valence-corrected chi connectivity index (χ3v) is 3.64. The number of nitrogens with one attached hydrogen (secondary N) is 1. The zero-order chi connectivity index (χ0) is 19.9. The molecule has 0 aliphatic heterocycles. The second-order valence-corrected chi connectivity index (χ2v) is 5.67. The van der Waals surface area contributed by atoms with E-state index < -0.39 is 30.6 Å². The summed E-state index contributed by atoms with van der Waals surface area (Å²) in [7, 11) is 0. The first-order chi connectivity index (χ1) is 12.7. The average molecular weight is 381 g/mol. The number of aryl methyl sites for hydroxylation is 1. The van der Waals surface area contributed by atoms with Gasteiger partial charge in [-0.15, -0.1) is 13.2 Å². The molecule has 144 valence electrons. The van der Waals surface area contributed by atoms with Gasteiger partial charge in [0.1, 0.15) is 5.75 Å². The van der Waals surface area contributed by atoms with Crippen LogP contribution in [0.2, 0.25) is 0 Å². The number of hydrogen-bond acceptors (Lipinski definition) is 4. The van der Waals surface area contributed by atoms with Crippen LogP contribution < -0.4 is 10.1 Å². The highest BCUT2D eigenvalue weighted by molar-refractivity contribution is 5.91. The summed E-state index contributed by atoms with van der Waals surface area (Å²) >= 11 is 0. The second kappa shape index (κ2) is 9.07. The van der Waals surface area contributed by atoms with E-state index in [1.807, 2.05) is 31.2 Å². The predicted octanol–water partition coefficient (Wildman–Crippen LogP) is 3.41. The Bertz CT molecular complexity index is 788. The van der Waals surface area contributed by atoms with E-state index >= 15 is 0 Å². The van der Waals surface area contributed by atoms with Crippen molar-refractivity contribution in [2.75, 3.05) is 13.2 Å². The highest BCUT2D eigenvalue weighted by Gasteiger charge is 2.31. The Labute approximate surface area is 154 Å². The van der Waals surface area contributed by atoms with E-state index in [1.54, 1.807) is 0 Å². The number of carbonyl (C=O) groups excluding carboxylic acids is 2. The van der Waals surface area contributed by atoms with Crippen LogP contribution in [0.1, 0.15) is 21.5 Å². The van der Waals surface area contributed by atoms with Crippen LogP contribution in [0, 0.1) is 6.92 Å². The molecule has 1 N–H and O–H groups in total. The number of esters is 1. The zero-order valence-electron chi connectivity index (χ0n) is 14.5. The van der Waals surface area contributed by atoms with Gasteiger partial charge in [-0.2, -0.15) is 0 Å². The van der Waals surface area contributed by atoms with Crippen molar-refractivity contribution in [3.8, 4) is 5.75 Å². The Balaban J connectivity index is 1.74. The Hall–Kier alpha value is -3.03. The molecular weight excluding hydrogens is 363 g/mol. The van der Waals surface area contributed by atoms with Crippen LogP contribution >= 0.6 is 0 Å². The Morgan fingerprint density at radius 3 is 2.33 bits per heavy atom.